The summed E-state index contributed by atoms with van der Waals surface area (Å²) < 4.78 is 33.8. The largest absolute Gasteiger partial charge is 0.495 e. The maximum Gasteiger partial charge on any atom is 0.264 e. The normalized spacial score (nSPS) is 11.1. The van der Waals surface area contributed by atoms with E-state index >= 15 is 0 Å². The molecule has 3 rings (SSSR count). The molecule has 3 aromatic rings. The fraction of sp³-hybridized carbons (Fsp3) is 0.136. The number of carbonyl (C=O) groups is 1. The number of aryl methyl sites for hydroxylation is 1. The van der Waals surface area contributed by atoms with E-state index in [1.807, 2.05) is 13.0 Å². The molecule has 0 spiro atoms. The second kappa shape index (κ2) is 9.72. The summed E-state index contributed by atoms with van der Waals surface area (Å²) in [6, 6.07) is 18.0. The molecule has 1 amide bonds. The molecule has 0 heterocycles. The van der Waals surface area contributed by atoms with E-state index in [9.17, 15) is 13.2 Å². The summed E-state index contributed by atoms with van der Waals surface area (Å²) in [4.78, 5) is 12.8. The fourth-order valence-electron chi connectivity index (χ4n) is 2.86. The number of hydrogen-bond donors (Lipinski definition) is 1. The van der Waals surface area contributed by atoms with Gasteiger partial charge in [0, 0.05) is 10.2 Å². The van der Waals surface area contributed by atoms with Gasteiger partial charge in [-0.05, 0) is 55.5 Å². The Morgan fingerprint density at radius 1 is 1.10 bits per heavy atom. The van der Waals surface area contributed by atoms with Gasteiger partial charge in [0.15, 0.2) is 0 Å². The Morgan fingerprint density at radius 2 is 1.81 bits per heavy atom. The molecule has 31 heavy (non-hydrogen) atoms. The maximum atomic E-state index is 13.4. The van der Waals surface area contributed by atoms with E-state index in [-0.39, 0.29) is 15.6 Å². The lowest BCUT2D eigenvalue weighted by Gasteiger charge is -2.24. The highest BCUT2D eigenvalue weighted by molar-refractivity contribution is 9.10. The quantitative estimate of drug-likeness (QED) is 0.459. The van der Waals surface area contributed by atoms with Gasteiger partial charge in [-0.2, -0.15) is 0 Å². The summed E-state index contributed by atoms with van der Waals surface area (Å²) >= 11 is 9.57. The number of nitrogens with zero attached hydrogens (tertiary/aromatic N) is 1. The molecule has 6 nitrogen and oxygen atoms in total. The Bertz CT molecular complexity index is 1200. The third-order valence-corrected chi connectivity index (χ3v) is 7.00. The second-order valence-electron chi connectivity index (χ2n) is 6.70. The molecular formula is C22H20BrClN2O4S. The van der Waals surface area contributed by atoms with Crippen LogP contribution in [0.2, 0.25) is 5.02 Å². The summed E-state index contributed by atoms with van der Waals surface area (Å²) in [5.41, 5.74) is 1.71. The van der Waals surface area contributed by atoms with Crippen LogP contribution in [0, 0.1) is 6.92 Å². The molecule has 3 aromatic carbocycles. The van der Waals surface area contributed by atoms with E-state index in [1.54, 1.807) is 42.5 Å². The highest BCUT2D eigenvalue weighted by atomic mass is 79.9. The van der Waals surface area contributed by atoms with Crippen molar-refractivity contribution in [3.05, 3.63) is 81.8 Å². The zero-order valence-corrected chi connectivity index (χ0v) is 20.0. The number of ether oxygens (including phenoxy) is 1. The third-order valence-electron chi connectivity index (χ3n) is 4.43. The molecule has 0 bridgehead atoms. The van der Waals surface area contributed by atoms with Crippen LogP contribution in [0.1, 0.15) is 5.56 Å². The zero-order valence-electron chi connectivity index (χ0n) is 16.8. The molecule has 0 aromatic heterocycles. The van der Waals surface area contributed by atoms with Crippen LogP contribution < -0.4 is 14.4 Å². The number of carbonyl (C=O) groups excluding carboxylic acids is 1. The smallest absolute Gasteiger partial charge is 0.264 e. The standard InChI is InChI=1S/C22H20BrClN2O4S/c1-15-6-9-19(10-7-15)31(28,29)26(18-8-11-21(30-2)20(24)13-18)14-22(27)25-17-5-3-4-16(23)12-17/h3-13H,14H2,1-2H3,(H,25,27). The van der Waals surface area contributed by atoms with E-state index in [2.05, 4.69) is 21.2 Å². The van der Waals surface area contributed by atoms with Gasteiger partial charge in [-0.1, -0.05) is 51.3 Å². The molecule has 0 aliphatic carbocycles. The van der Waals surface area contributed by atoms with Gasteiger partial charge in [-0.15, -0.1) is 0 Å². The number of sulfonamides is 1. The predicted molar refractivity (Wildman–Crippen MR) is 126 cm³/mol. The lowest BCUT2D eigenvalue weighted by atomic mass is 10.2. The maximum absolute atomic E-state index is 13.4. The van der Waals surface area contributed by atoms with Crippen molar-refractivity contribution in [1.82, 2.24) is 0 Å². The number of benzene rings is 3. The van der Waals surface area contributed by atoms with E-state index < -0.39 is 22.5 Å². The first-order valence-electron chi connectivity index (χ1n) is 9.19. The first kappa shape index (κ1) is 23.1. The van der Waals surface area contributed by atoms with E-state index in [1.165, 1.54) is 25.3 Å². The van der Waals surface area contributed by atoms with Crippen LogP contribution in [-0.4, -0.2) is 28.0 Å². The molecule has 0 atom stereocenters. The number of hydrogen-bond acceptors (Lipinski definition) is 4. The van der Waals surface area contributed by atoms with Gasteiger partial charge in [-0.25, -0.2) is 8.42 Å². The molecule has 0 radical (unpaired) electrons. The van der Waals surface area contributed by atoms with Gasteiger partial charge in [0.1, 0.15) is 12.3 Å². The Kier molecular flexibility index (Phi) is 7.25. The van der Waals surface area contributed by atoms with Gasteiger partial charge in [0.05, 0.1) is 22.7 Å². The average molecular weight is 524 g/mol. The van der Waals surface area contributed by atoms with Crippen LogP contribution in [0.4, 0.5) is 11.4 Å². The lowest BCUT2D eigenvalue weighted by Crippen LogP contribution is -2.38. The Hall–Kier alpha value is -2.55. The summed E-state index contributed by atoms with van der Waals surface area (Å²) in [7, 11) is -2.57. The van der Waals surface area contributed by atoms with Crippen molar-refractivity contribution in [2.45, 2.75) is 11.8 Å². The number of anilines is 2. The van der Waals surface area contributed by atoms with Gasteiger partial charge in [-0.3, -0.25) is 9.10 Å². The van der Waals surface area contributed by atoms with Crippen molar-refractivity contribution in [2.24, 2.45) is 0 Å². The number of rotatable bonds is 7. The van der Waals surface area contributed by atoms with Gasteiger partial charge in [0.2, 0.25) is 5.91 Å². The molecule has 1 N–H and O–H groups in total. The summed E-state index contributed by atoms with van der Waals surface area (Å²) in [6.45, 7) is 1.42. The SMILES string of the molecule is COc1ccc(N(CC(=O)Nc2cccc(Br)c2)S(=O)(=O)c2ccc(C)cc2)cc1Cl. The minimum atomic E-state index is -4.04. The van der Waals surface area contributed by atoms with Crippen LogP contribution in [0.5, 0.6) is 5.75 Å². The average Bonchev–Trinajstić information content (AvgIpc) is 2.72. The zero-order chi connectivity index (χ0) is 22.6. The molecule has 0 unspecified atom stereocenters. The van der Waals surface area contributed by atoms with E-state index in [0.717, 1.165) is 14.3 Å². The predicted octanol–water partition coefficient (Wildman–Crippen LogP) is 5.25. The van der Waals surface area contributed by atoms with Crippen LogP contribution in [-0.2, 0) is 14.8 Å². The van der Waals surface area contributed by atoms with Crippen LogP contribution in [0.3, 0.4) is 0 Å². The van der Waals surface area contributed by atoms with Gasteiger partial charge >= 0.3 is 0 Å². The lowest BCUT2D eigenvalue weighted by molar-refractivity contribution is -0.114. The van der Waals surface area contributed by atoms with Crippen LogP contribution >= 0.6 is 27.5 Å². The third kappa shape index (κ3) is 5.58. The highest BCUT2D eigenvalue weighted by Crippen LogP contribution is 2.32. The molecule has 0 saturated heterocycles. The summed E-state index contributed by atoms with van der Waals surface area (Å²) in [6.07, 6.45) is 0. The molecule has 0 aliphatic rings. The van der Waals surface area contributed by atoms with Crippen molar-refractivity contribution in [3.8, 4) is 5.75 Å². The second-order valence-corrected chi connectivity index (χ2v) is 9.89. The van der Waals surface area contributed by atoms with Crippen molar-refractivity contribution < 1.29 is 17.9 Å². The topological polar surface area (TPSA) is 75.7 Å². The van der Waals surface area contributed by atoms with Crippen molar-refractivity contribution >= 4 is 54.8 Å². The number of nitrogens with one attached hydrogen (secondary N) is 1. The molecule has 0 fully saturated rings. The highest BCUT2D eigenvalue weighted by Gasteiger charge is 2.28. The summed E-state index contributed by atoms with van der Waals surface area (Å²) in [5.74, 6) is -0.0996. The van der Waals surface area contributed by atoms with Crippen molar-refractivity contribution in [2.75, 3.05) is 23.3 Å². The first-order chi connectivity index (χ1) is 14.7. The molecular weight excluding hydrogens is 504 g/mol. The van der Waals surface area contributed by atoms with Gasteiger partial charge < -0.3 is 10.1 Å². The molecule has 162 valence electrons. The summed E-state index contributed by atoms with van der Waals surface area (Å²) in [5, 5.41) is 2.95. The monoisotopic (exact) mass is 522 g/mol. The Labute approximate surface area is 195 Å². The van der Waals surface area contributed by atoms with Gasteiger partial charge in [0.25, 0.3) is 10.0 Å². The van der Waals surface area contributed by atoms with Crippen molar-refractivity contribution in [1.29, 1.82) is 0 Å². The number of amides is 1. The number of methoxy groups -OCH3 is 1. The fourth-order valence-corrected chi connectivity index (χ4v) is 4.92. The van der Waals surface area contributed by atoms with Crippen LogP contribution in [0.15, 0.2) is 76.1 Å². The minimum Gasteiger partial charge on any atom is -0.495 e. The minimum absolute atomic E-state index is 0.0697. The Morgan fingerprint density at radius 3 is 2.42 bits per heavy atom. The van der Waals surface area contributed by atoms with Crippen molar-refractivity contribution in [3.63, 3.8) is 0 Å². The number of halogens is 2. The van der Waals surface area contributed by atoms with E-state index in [0.29, 0.717) is 11.4 Å². The first-order valence-corrected chi connectivity index (χ1v) is 11.8. The molecule has 0 saturated carbocycles. The van der Waals surface area contributed by atoms with E-state index in [4.69, 9.17) is 16.3 Å². The van der Waals surface area contributed by atoms with Crippen LogP contribution in [0.25, 0.3) is 0 Å². The molecule has 0 aliphatic heterocycles. The molecule has 9 heteroatoms. The Balaban J connectivity index is 1.98.